The predicted octanol–water partition coefficient (Wildman–Crippen LogP) is 0.751. The van der Waals surface area contributed by atoms with E-state index in [1.807, 2.05) is 18.2 Å². The van der Waals surface area contributed by atoms with Crippen LogP contribution in [0.1, 0.15) is 0 Å². The molecule has 2 aromatic rings. The molecule has 1 aliphatic heterocycles. The van der Waals surface area contributed by atoms with Crippen LogP contribution in [0.4, 0.5) is 11.6 Å². The minimum Gasteiger partial charge on any atom is -0.481 e. The lowest BCUT2D eigenvalue weighted by Crippen LogP contribution is -2.12. The molecule has 6 nitrogen and oxygen atoms in total. The molecule has 0 spiro atoms. The van der Waals surface area contributed by atoms with Gasteiger partial charge in [0.2, 0.25) is 18.6 Å². The Kier molecular flexibility index (Phi) is 2.87. The summed E-state index contributed by atoms with van der Waals surface area (Å²) in [6.45, 7) is 0.241. The van der Waals surface area contributed by atoms with Gasteiger partial charge in [-0.25, -0.2) is 4.98 Å². The van der Waals surface area contributed by atoms with Crippen LogP contribution >= 0.6 is 0 Å². The van der Waals surface area contributed by atoms with Gasteiger partial charge in [0.15, 0.2) is 11.5 Å². The molecule has 19 heavy (non-hydrogen) atoms. The van der Waals surface area contributed by atoms with Gasteiger partial charge in [0.1, 0.15) is 7.85 Å². The number of aromatic nitrogens is 2. The number of hydrogen-bond donors (Lipinski definition) is 1. The van der Waals surface area contributed by atoms with Crippen molar-refractivity contribution in [3.8, 4) is 17.4 Å². The molecule has 1 aromatic carbocycles. The maximum Gasteiger partial charge on any atom is 0.231 e. The van der Waals surface area contributed by atoms with E-state index in [4.69, 9.17) is 22.1 Å². The third-order valence-electron chi connectivity index (χ3n) is 2.60. The number of hydrogen-bond acceptors (Lipinski definition) is 6. The average molecular weight is 255 g/mol. The number of fused-ring (bicyclic) bond motifs is 1. The van der Waals surface area contributed by atoms with Crippen molar-refractivity contribution in [3.63, 3.8) is 0 Å². The first-order chi connectivity index (χ1) is 9.26. The molecule has 0 aliphatic carbocycles. The van der Waals surface area contributed by atoms with Crippen LogP contribution in [0.5, 0.6) is 17.4 Å². The number of anilines is 2. The van der Waals surface area contributed by atoms with E-state index in [-0.39, 0.29) is 6.79 Å². The van der Waals surface area contributed by atoms with Crippen LogP contribution in [0.3, 0.4) is 0 Å². The lowest BCUT2D eigenvalue weighted by Gasteiger charge is -2.08. The molecule has 2 heterocycles. The molecule has 0 saturated carbocycles. The first-order valence-corrected chi connectivity index (χ1v) is 5.59. The maximum absolute atomic E-state index is 5.65. The molecule has 0 fully saturated rings. The molecule has 2 radical (unpaired) electrons. The van der Waals surface area contributed by atoms with Crippen LogP contribution < -0.4 is 25.0 Å². The van der Waals surface area contributed by atoms with E-state index in [2.05, 4.69) is 15.3 Å². The molecular weight excluding hydrogens is 245 g/mol. The minimum atomic E-state index is 0.241. The monoisotopic (exact) mass is 255 g/mol. The van der Waals surface area contributed by atoms with Gasteiger partial charge >= 0.3 is 0 Å². The van der Waals surface area contributed by atoms with Gasteiger partial charge in [0.05, 0.1) is 7.11 Å². The molecule has 0 bridgehead atoms. The van der Waals surface area contributed by atoms with Crippen LogP contribution in [0.25, 0.3) is 0 Å². The van der Waals surface area contributed by atoms with Crippen molar-refractivity contribution in [1.29, 1.82) is 0 Å². The van der Waals surface area contributed by atoms with Crippen molar-refractivity contribution in [2.75, 3.05) is 19.2 Å². The maximum atomic E-state index is 5.65. The topological polar surface area (TPSA) is 65.5 Å². The predicted molar refractivity (Wildman–Crippen MR) is 69.8 cm³/mol. The smallest absolute Gasteiger partial charge is 0.231 e. The van der Waals surface area contributed by atoms with Crippen LogP contribution in [0.2, 0.25) is 0 Å². The average Bonchev–Trinajstić information content (AvgIpc) is 2.88. The number of ether oxygens (including phenoxy) is 3. The molecule has 1 aromatic heterocycles. The molecule has 0 saturated heterocycles. The standard InChI is InChI=1S/C12H10BN3O3/c1-17-11-8(13)5-14-12(16-11)15-7-2-3-9-10(4-7)19-6-18-9/h2-5H,6H2,1H3,(H,14,15,16). The fourth-order valence-corrected chi connectivity index (χ4v) is 1.70. The second kappa shape index (κ2) is 4.68. The number of methoxy groups -OCH3 is 1. The second-order valence-electron chi connectivity index (χ2n) is 3.85. The van der Waals surface area contributed by atoms with Crippen LogP contribution in [-0.2, 0) is 0 Å². The van der Waals surface area contributed by atoms with E-state index >= 15 is 0 Å². The van der Waals surface area contributed by atoms with E-state index < -0.39 is 0 Å². The summed E-state index contributed by atoms with van der Waals surface area (Å²) >= 11 is 0. The molecule has 0 amide bonds. The quantitative estimate of drug-likeness (QED) is 0.816. The number of nitrogens with one attached hydrogen (secondary N) is 1. The summed E-state index contributed by atoms with van der Waals surface area (Å²) in [5.41, 5.74) is 1.18. The van der Waals surface area contributed by atoms with E-state index in [9.17, 15) is 0 Å². The largest absolute Gasteiger partial charge is 0.481 e. The normalized spacial score (nSPS) is 12.3. The lowest BCUT2D eigenvalue weighted by molar-refractivity contribution is 0.174. The third kappa shape index (κ3) is 2.26. The van der Waals surface area contributed by atoms with Crippen LogP contribution in [-0.4, -0.2) is 31.7 Å². The van der Waals surface area contributed by atoms with E-state index in [0.29, 0.717) is 23.0 Å². The Morgan fingerprint density at radius 2 is 2.16 bits per heavy atom. The molecule has 1 aliphatic rings. The zero-order valence-electron chi connectivity index (χ0n) is 10.2. The molecule has 0 unspecified atom stereocenters. The summed E-state index contributed by atoms with van der Waals surface area (Å²) in [6, 6.07) is 5.48. The lowest BCUT2D eigenvalue weighted by atomic mass is 10.0. The highest BCUT2D eigenvalue weighted by molar-refractivity contribution is 6.33. The first kappa shape index (κ1) is 11.6. The summed E-state index contributed by atoms with van der Waals surface area (Å²) in [7, 11) is 7.16. The van der Waals surface area contributed by atoms with Gasteiger partial charge in [-0.2, -0.15) is 4.98 Å². The summed E-state index contributed by atoms with van der Waals surface area (Å²) < 4.78 is 15.6. The summed E-state index contributed by atoms with van der Waals surface area (Å²) in [4.78, 5) is 8.21. The van der Waals surface area contributed by atoms with Gasteiger partial charge in [-0.3, -0.25) is 0 Å². The Labute approximate surface area is 111 Å². The van der Waals surface area contributed by atoms with Gasteiger partial charge in [-0.1, -0.05) is 0 Å². The highest BCUT2D eigenvalue weighted by Crippen LogP contribution is 2.34. The van der Waals surface area contributed by atoms with Gasteiger partial charge in [0, 0.05) is 18.0 Å². The van der Waals surface area contributed by atoms with Crippen molar-refractivity contribution in [3.05, 3.63) is 24.4 Å². The molecule has 7 heteroatoms. The van der Waals surface area contributed by atoms with Crippen molar-refractivity contribution in [1.82, 2.24) is 9.97 Å². The fourth-order valence-electron chi connectivity index (χ4n) is 1.70. The summed E-state index contributed by atoms with van der Waals surface area (Å²) in [5, 5.41) is 3.04. The minimum absolute atomic E-state index is 0.241. The SMILES string of the molecule is [B]c1cnc(Nc2ccc3c(c2)OCO3)nc1OC. The number of benzene rings is 1. The third-order valence-corrected chi connectivity index (χ3v) is 2.60. The zero-order chi connectivity index (χ0) is 13.2. The van der Waals surface area contributed by atoms with E-state index in [0.717, 1.165) is 11.4 Å². The molecule has 1 N–H and O–H groups in total. The van der Waals surface area contributed by atoms with Crippen molar-refractivity contribution >= 4 is 24.9 Å². The molecule has 94 valence electrons. The Hall–Kier alpha value is -2.44. The fraction of sp³-hybridized carbons (Fsp3) is 0.167. The van der Waals surface area contributed by atoms with Gasteiger partial charge in [-0.05, 0) is 17.6 Å². The molecule has 0 atom stereocenters. The highest BCUT2D eigenvalue weighted by Gasteiger charge is 2.13. The summed E-state index contributed by atoms with van der Waals surface area (Å²) in [5.74, 6) is 2.14. The Bertz CT molecular complexity index is 612. The van der Waals surface area contributed by atoms with Crippen molar-refractivity contribution < 1.29 is 14.2 Å². The Balaban J connectivity index is 1.85. The number of rotatable bonds is 3. The van der Waals surface area contributed by atoms with Crippen LogP contribution in [0, 0.1) is 0 Å². The van der Waals surface area contributed by atoms with Crippen molar-refractivity contribution in [2.24, 2.45) is 0 Å². The van der Waals surface area contributed by atoms with Gasteiger partial charge in [0.25, 0.3) is 0 Å². The molecule has 3 rings (SSSR count). The Morgan fingerprint density at radius 3 is 3.00 bits per heavy atom. The summed E-state index contributed by atoms with van der Waals surface area (Å²) in [6.07, 6.45) is 1.49. The zero-order valence-corrected chi connectivity index (χ0v) is 10.2. The first-order valence-electron chi connectivity index (χ1n) is 5.59. The second-order valence-corrected chi connectivity index (χ2v) is 3.85. The van der Waals surface area contributed by atoms with Crippen molar-refractivity contribution in [2.45, 2.75) is 0 Å². The van der Waals surface area contributed by atoms with E-state index in [1.165, 1.54) is 13.3 Å². The molecular formula is C12H10BN3O3. The van der Waals surface area contributed by atoms with Gasteiger partial charge < -0.3 is 19.5 Å². The van der Waals surface area contributed by atoms with Crippen LogP contribution in [0.15, 0.2) is 24.4 Å². The number of nitrogens with zero attached hydrogens (tertiary/aromatic N) is 2. The Morgan fingerprint density at radius 1 is 1.32 bits per heavy atom. The van der Waals surface area contributed by atoms with Gasteiger partial charge in [-0.15, -0.1) is 0 Å². The van der Waals surface area contributed by atoms with E-state index in [1.54, 1.807) is 0 Å². The highest BCUT2D eigenvalue weighted by atomic mass is 16.7.